The molecule has 4 nitrogen and oxygen atoms in total. The minimum Gasteiger partial charge on any atom is -0.515 e. The van der Waals surface area contributed by atoms with E-state index in [0.717, 1.165) is 0 Å². The lowest BCUT2D eigenvalue weighted by molar-refractivity contribution is -0.179. The van der Waals surface area contributed by atoms with Crippen molar-refractivity contribution in [3.8, 4) is 0 Å². The van der Waals surface area contributed by atoms with Crippen molar-refractivity contribution in [3.05, 3.63) is 0 Å². The number of rotatable bonds is 4. The monoisotopic (exact) mass is 284 g/mol. The Labute approximate surface area is 102 Å². The summed E-state index contributed by atoms with van der Waals surface area (Å²) in [5.41, 5.74) is 0. The molecule has 0 saturated heterocycles. The molecule has 100 valence electrons. The van der Waals surface area contributed by atoms with Gasteiger partial charge in [0.25, 0.3) is 0 Å². The third-order valence-electron chi connectivity index (χ3n) is 1.31. The molecule has 0 aliphatic heterocycles. The van der Waals surface area contributed by atoms with Gasteiger partial charge in [0.1, 0.15) is 0 Å². The summed E-state index contributed by atoms with van der Waals surface area (Å²) in [4.78, 5) is 22.4. The van der Waals surface area contributed by atoms with Gasteiger partial charge in [-0.05, 0) is 39.3 Å². The fourth-order valence-corrected chi connectivity index (χ4v) is 2.14. The quantitative estimate of drug-likeness (QED) is 0.587. The molecule has 0 saturated carbocycles. The summed E-state index contributed by atoms with van der Waals surface area (Å²) in [7, 11) is -4.92. The zero-order valence-corrected chi connectivity index (χ0v) is 12.9. The predicted octanol–water partition coefficient (Wildman–Crippen LogP) is 2.38. The fraction of sp³-hybridized carbons (Fsp3) is 0.778. The van der Waals surface area contributed by atoms with Gasteiger partial charge in [-0.1, -0.05) is 0 Å². The topological polar surface area (TPSA) is 52.6 Å². The first-order valence-electron chi connectivity index (χ1n) is 5.10. The molecule has 0 rings (SSSR count). The number of alkyl halides is 2. The maximum atomic E-state index is 13.4. The predicted molar refractivity (Wildman–Crippen MR) is 63.8 cm³/mol. The molecular weight excluding hydrogens is 266 g/mol. The van der Waals surface area contributed by atoms with Gasteiger partial charge >= 0.3 is 17.9 Å². The van der Waals surface area contributed by atoms with Gasteiger partial charge in [0.05, 0.1) is 0 Å². The summed E-state index contributed by atoms with van der Waals surface area (Å²) in [6.45, 7) is 9.45. The molecule has 8 heteroatoms. The summed E-state index contributed by atoms with van der Waals surface area (Å²) in [6, 6.07) is 0. The normalized spacial score (nSPS) is 13.2. The lowest BCUT2D eigenvalue weighted by Gasteiger charge is -2.24. The highest BCUT2D eigenvalue weighted by molar-refractivity contribution is 6.72. The van der Waals surface area contributed by atoms with Crippen LogP contribution >= 0.6 is 0 Å². The molecule has 0 amide bonds. The molecule has 0 bridgehead atoms. The molecule has 0 spiro atoms. The van der Waals surface area contributed by atoms with Crippen molar-refractivity contribution in [1.29, 1.82) is 0 Å². The largest absolute Gasteiger partial charge is 0.515 e. The third-order valence-corrected chi connectivity index (χ3v) is 2.91. The second-order valence-corrected chi connectivity index (χ2v) is 14.4. The van der Waals surface area contributed by atoms with Crippen LogP contribution in [0.15, 0.2) is 0 Å². The van der Waals surface area contributed by atoms with E-state index in [0.29, 0.717) is 0 Å². The first-order valence-corrected chi connectivity index (χ1v) is 11.9. The van der Waals surface area contributed by atoms with Crippen LogP contribution in [0.25, 0.3) is 0 Å². The molecule has 0 aromatic carbocycles. The molecule has 0 fully saturated rings. The van der Waals surface area contributed by atoms with E-state index in [9.17, 15) is 18.4 Å². The SMILES string of the molecule is C[Si](C)(C)OC(=O)C(F)(F)C(=O)O[Si](C)(C)C. The van der Waals surface area contributed by atoms with E-state index in [2.05, 4.69) is 8.85 Å². The van der Waals surface area contributed by atoms with E-state index in [1.165, 1.54) is 0 Å². The molecule has 0 aliphatic carbocycles. The zero-order chi connectivity index (χ0) is 14.1. The maximum absolute atomic E-state index is 13.4. The molecule has 0 aromatic heterocycles. The Morgan fingerprint density at radius 3 is 1.24 bits per heavy atom. The molecule has 0 unspecified atom stereocenters. The van der Waals surface area contributed by atoms with E-state index in [1.807, 2.05) is 0 Å². The zero-order valence-electron chi connectivity index (χ0n) is 10.9. The van der Waals surface area contributed by atoms with Crippen LogP contribution in [0.4, 0.5) is 8.78 Å². The van der Waals surface area contributed by atoms with Crippen molar-refractivity contribution in [2.24, 2.45) is 0 Å². The highest BCUT2D eigenvalue weighted by atomic mass is 28.4. The Morgan fingerprint density at radius 1 is 0.824 bits per heavy atom. The van der Waals surface area contributed by atoms with Crippen molar-refractivity contribution in [2.45, 2.75) is 45.2 Å². The summed E-state index contributed by atoms with van der Waals surface area (Å²) >= 11 is 0. The number of halogens is 2. The second kappa shape index (κ2) is 4.85. The van der Waals surface area contributed by atoms with Crippen LogP contribution in [-0.4, -0.2) is 34.5 Å². The smallest absolute Gasteiger partial charge is 0.434 e. The molecule has 0 N–H and O–H groups in total. The van der Waals surface area contributed by atoms with Crippen LogP contribution in [0.1, 0.15) is 0 Å². The van der Waals surface area contributed by atoms with Crippen LogP contribution in [0.2, 0.25) is 39.3 Å². The number of hydrogen-bond acceptors (Lipinski definition) is 4. The van der Waals surface area contributed by atoms with Crippen molar-refractivity contribution < 1.29 is 27.2 Å². The molecule has 0 aliphatic rings. The lowest BCUT2D eigenvalue weighted by Crippen LogP contribution is -2.48. The van der Waals surface area contributed by atoms with E-state index < -0.39 is 34.5 Å². The van der Waals surface area contributed by atoms with Gasteiger partial charge in [-0.15, -0.1) is 0 Å². The Kier molecular flexibility index (Phi) is 4.63. The molecule has 17 heavy (non-hydrogen) atoms. The Morgan fingerprint density at radius 2 is 1.06 bits per heavy atom. The fourth-order valence-electron chi connectivity index (χ4n) is 0.768. The summed E-state index contributed by atoms with van der Waals surface area (Å²) < 4.78 is 35.9. The van der Waals surface area contributed by atoms with Crippen LogP contribution in [0.5, 0.6) is 0 Å². The highest BCUT2D eigenvalue weighted by Crippen LogP contribution is 2.22. The van der Waals surface area contributed by atoms with Gasteiger partial charge in [-0.2, -0.15) is 8.78 Å². The number of carbonyl (C=O) groups is 2. The lowest BCUT2D eigenvalue weighted by atomic mass is 10.3. The van der Waals surface area contributed by atoms with E-state index in [1.54, 1.807) is 39.3 Å². The minimum absolute atomic E-state index is 1.57. The molecule has 0 heterocycles. The average molecular weight is 284 g/mol. The van der Waals surface area contributed by atoms with E-state index in [4.69, 9.17) is 0 Å². The summed E-state index contributed by atoms with van der Waals surface area (Å²) in [5.74, 6) is -7.86. The van der Waals surface area contributed by atoms with Gasteiger partial charge in [-0.3, -0.25) is 0 Å². The standard InChI is InChI=1S/C9H18F2O4Si2/c1-16(2,3)14-7(12)9(10,11)8(13)15-17(4,5)6/h1-6H3. The van der Waals surface area contributed by atoms with Gasteiger partial charge in [0, 0.05) is 0 Å². The van der Waals surface area contributed by atoms with Crippen LogP contribution in [-0.2, 0) is 18.4 Å². The summed E-state index contributed by atoms with van der Waals surface area (Å²) in [5, 5.41) is 0. The van der Waals surface area contributed by atoms with Crippen LogP contribution in [0.3, 0.4) is 0 Å². The summed E-state index contributed by atoms with van der Waals surface area (Å²) in [6.07, 6.45) is 0. The van der Waals surface area contributed by atoms with Gasteiger partial charge < -0.3 is 8.85 Å². The third kappa shape index (κ3) is 5.92. The van der Waals surface area contributed by atoms with Crippen LogP contribution < -0.4 is 0 Å². The Bertz CT molecular complexity index is 288. The number of hydrogen-bond donors (Lipinski definition) is 0. The first-order chi connectivity index (χ1) is 7.26. The molecule has 0 radical (unpaired) electrons. The van der Waals surface area contributed by atoms with Crippen molar-refractivity contribution in [1.82, 2.24) is 0 Å². The van der Waals surface area contributed by atoms with Gasteiger partial charge in [-0.25, -0.2) is 9.59 Å². The number of carbonyl (C=O) groups excluding carboxylic acids is 2. The van der Waals surface area contributed by atoms with Gasteiger partial charge in [0.15, 0.2) is 0 Å². The first kappa shape index (κ1) is 16.2. The van der Waals surface area contributed by atoms with E-state index >= 15 is 0 Å². The van der Waals surface area contributed by atoms with Crippen molar-refractivity contribution >= 4 is 28.6 Å². The molecular formula is C9H18F2O4Si2. The second-order valence-electron chi connectivity index (χ2n) is 5.58. The van der Waals surface area contributed by atoms with E-state index in [-0.39, 0.29) is 0 Å². The minimum atomic E-state index is -4.22. The molecule has 0 aromatic rings. The Balaban J connectivity index is 4.78. The highest BCUT2D eigenvalue weighted by Gasteiger charge is 2.53. The maximum Gasteiger partial charge on any atom is 0.434 e. The Hall–Kier alpha value is -0.766. The van der Waals surface area contributed by atoms with Crippen LogP contribution in [0, 0.1) is 0 Å². The van der Waals surface area contributed by atoms with Crippen molar-refractivity contribution in [3.63, 3.8) is 0 Å². The average Bonchev–Trinajstić information content (AvgIpc) is 1.96. The van der Waals surface area contributed by atoms with Crippen molar-refractivity contribution in [2.75, 3.05) is 0 Å². The molecule has 0 atom stereocenters. The van der Waals surface area contributed by atoms with Gasteiger partial charge in [0.2, 0.25) is 16.6 Å².